The molecule has 3 heterocycles. The molecule has 174 valence electrons. The van der Waals surface area contributed by atoms with Crippen molar-refractivity contribution in [2.75, 3.05) is 10.6 Å². The fourth-order valence-corrected chi connectivity index (χ4v) is 4.49. The van der Waals surface area contributed by atoms with Crippen molar-refractivity contribution < 1.29 is 4.79 Å². The number of aryl methyl sites for hydroxylation is 4. The monoisotopic (exact) mass is 455 g/mol. The van der Waals surface area contributed by atoms with Gasteiger partial charge in [-0.25, -0.2) is 9.97 Å². The molecule has 0 saturated heterocycles. The lowest BCUT2D eigenvalue weighted by molar-refractivity contribution is -0.115. The van der Waals surface area contributed by atoms with Gasteiger partial charge in [0.2, 0.25) is 11.6 Å². The predicted molar refractivity (Wildman–Crippen MR) is 133 cm³/mol. The van der Waals surface area contributed by atoms with E-state index in [1.54, 1.807) is 6.20 Å². The summed E-state index contributed by atoms with van der Waals surface area (Å²) >= 11 is 0. The number of carbonyl (C=O) groups excluding carboxylic acids is 1. The van der Waals surface area contributed by atoms with E-state index in [1.165, 1.54) is 5.56 Å². The molecule has 4 aromatic rings. The smallest absolute Gasteiger partial charge is 0.230 e. The summed E-state index contributed by atoms with van der Waals surface area (Å²) in [5.41, 5.74) is 7.65. The van der Waals surface area contributed by atoms with E-state index in [9.17, 15) is 4.79 Å². The van der Waals surface area contributed by atoms with Gasteiger partial charge in [-0.3, -0.25) is 14.5 Å². The largest absolute Gasteiger partial charge is 0.362 e. The number of aromatic nitrogens is 5. The highest BCUT2D eigenvalue weighted by atomic mass is 16.1. The van der Waals surface area contributed by atoms with Crippen LogP contribution in [0.15, 0.2) is 42.7 Å². The van der Waals surface area contributed by atoms with Crippen LogP contribution in [0.3, 0.4) is 0 Å². The van der Waals surface area contributed by atoms with Crippen molar-refractivity contribution in [2.24, 2.45) is 0 Å². The summed E-state index contributed by atoms with van der Waals surface area (Å²) in [6.07, 6.45) is 7.14. The van der Waals surface area contributed by atoms with Crippen LogP contribution in [0.5, 0.6) is 0 Å². The Morgan fingerprint density at radius 1 is 1.18 bits per heavy atom. The maximum atomic E-state index is 12.7. The molecular formula is C26H29N7O. The molecule has 8 heteroatoms. The predicted octanol–water partition coefficient (Wildman–Crippen LogP) is 4.39. The maximum Gasteiger partial charge on any atom is 0.230 e. The zero-order valence-corrected chi connectivity index (χ0v) is 19.8. The molecule has 1 aliphatic rings. The lowest BCUT2D eigenvalue weighted by Gasteiger charge is -2.18. The minimum absolute atomic E-state index is 0.0322. The van der Waals surface area contributed by atoms with Crippen LogP contribution < -0.4 is 10.6 Å². The first-order valence-corrected chi connectivity index (χ1v) is 11.8. The van der Waals surface area contributed by atoms with Crippen LogP contribution in [-0.2, 0) is 30.6 Å². The van der Waals surface area contributed by atoms with Gasteiger partial charge in [0.25, 0.3) is 0 Å². The molecule has 1 atom stereocenters. The molecule has 1 aliphatic carbocycles. The third-order valence-electron chi connectivity index (χ3n) is 6.32. The van der Waals surface area contributed by atoms with Crippen LogP contribution in [0.25, 0.3) is 11.2 Å². The summed E-state index contributed by atoms with van der Waals surface area (Å²) in [5.74, 6) is 0.599. The third-order valence-corrected chi connectivity index (χ3v) is 6.32. The lowest BCUT2D eigenvalue weighted by atomic mass is 10.0. The van der Waals surface area contributed by atoms with Crippen molar-refractivity contribution in [1.29, 1.82) is 0 Å². The molecule has 0 fully saturated rings. The molecule has 0 unspecified atom stereocenters. The van der Waals surface area contributed by atoms with Crippen LogP contribution in [-0.4, -0.2) is 30.6 Å². The van der Waals surface area contributed by atoms with E-state index in [4.69, 9.17) is 0 Å². The second kappa shape index (κ2) is 9.21. The molecule has 0 aliphatic heterocycles. The van der Waals surface area contributed by atoms with Gasteiger partial charge in [-0.05, 0) is 74.9 Å². The number of benzene rings is 1. The van der Waals surface area contributed by atoms with Crippen molar-refractivity contribution in [2.45, 2.75) is 59.0 Å². The molecule has 0 spiro atoms. The fraction of sp³-hybridized carbons (Fsp3) is 0.346. The first-order chi connectivity index (χ1) is 16.5. The van der Waals surface area contributed by atoms with Gasteiger partial charge in [0.1, 0.15) is 11.3 Å². The van der Waals surface area contributed by atoms with Crippen molar-refractivity contribution in [3.05, 3.63) is 70.8 Å². The van der Waals surface area contributed by atoms with E-state index >= 15 is 0 Å². The van der Waals surface area contributed by atoms with Gasteiger partial charge >= 0.3 is 0 Å². The highest BCUT2D eigenvalue weighted by Gasteiger charge is 2.15. The highest BCUT2D eigenvalue weighted by molar-refractivity contribution is 5.92. The molecule has 2 N–H and O–H groups in total. The summed E-state index contributed by atoms with van der Waals surface area (Å²) in [7, 11) is 0. The van der Waals surface area contributed by atoms with E-state index in [1.807, 2.05) is 42.1 Å². The topological polar surface area (TPSA) is 97.6 Å². The summed E-state index contributed by atoms with van der Waals surface area (Å²) in [4.78, 5) is 26.4. The molecule has 1 amide bonds. The van der Waals surface area contributed by atoms with E-state index < -0.39 is 0 Å². The Kier molecular flexibility index (Phi) is 5.96. The molecule has 0 saturated carbocycles. The summed E-state index contributed by atoms with van der Waals surface area (Å²) < 4.78 is 1.83. The molecule has 0 radical (unpaired) electrons. The van der Waals surface area contributed by atoms with Crippen molar-refractivity contribution in [1.82, 2.24) is 24.7 Å². The Bertz CT molecular complexity index is 1360. The summed E-state index contributed by atoms with van der Waals surface area (Å²) in [5, 5.41) is 10.9. The van der Waals surface area contributed by atoms with Crippen LogP contribution >= 0.6 is 0 Å². The van der Waals surface area contributed by atoms with Gasteiger partial charge < -0.3 is 10.6 Å². The van der Waals surface area contributed by atoms with Crippen molar-refractivity contribution in [3.8, 4) is 0 Å². The molecule has 8 nitrogen and oxygen atoms in total. The minimum atomic E-state index is -0.0660. The standard InChI is InChI=1S/C26H29N7O/c1-4-33-15-23-26(32-33)31-24(14-27-23)28-17(3)21-12-19(10-8-16(21)2)30-25(34)13-20-11-9-18-6-5-7-22(18)29-20/h8-12,14-15,17H,4-7,13H2,1-3H3,(H,30,34)(H,28,31,32)/t17-/m0/s1. The second-order valence-corrected chi connectivity index (χ2v) is 8.87. The average molecular weight is 456 g/mol. The maximum absolute atomic E-state index is 12.7. The third kappa shape index (κ3) is 4.62. The Hall–Kier alpha value is -3.81. The van der Waals surface area contributed by atoms with Crippen molar-refractivity contribution >= 4 is 28.6 Å². The quantitative estimate of drug-likeness (QED) is 0.429. The Morgan fingerprint density at radius 2 is 2.06 bits per heavy atom. The van der Waals surface area contributed by atoms with E-state index in [0.717, 1.165) is 59.5 Å². The van der Waals surface area contributed by atoms with Gasteiger partial charge in [-0.15, -0.1) is 0 Å². The molecule has 34 heavy (non-hydrogen) atoms. The Labute approximate surface area is 198 Å². The van der Waals surface area contributed by atoms with E-state index in [0.29, 0.717) is 11.5 Å². The molecule has 5 rings (SSSR count). The number of carbonyl (C=O) groups is 1. The average Bonchev–Trinajstić information content (AvgIpc) is 3.46. The zero-order valence-electron chi connectivity index (χ0n) is 19.8. The molecule has 0 bridgehead atoms. The van der Waals surface area contributed by atoms with Crippen LogP contribution in [0, 0.1) is 6.92 Å². The Balaban J connectivity index is 1.27. The SMILES string of the molecule is CCn1cc2ncc(N[C@@H](C)c3cc(NC(=O)Cc4ccc5c(n4)CCC5)ccc3C)nc2n1. The number of hydrogen-bond acceptors (Lipinski definition) is 6. The first kappa shape index (κ1) is 22.0. The zero-order chi connectivity index (χ0) is 23.7. The molecular weight excluding hydrogens is 426 g/mol. The van der Waals surface area contributed by atoms with Crippen LogP contribution in [0.2, 0.25) is 0 Å². The fourth-order valence-electron chi connectivity index (χ4n) is 4.49. The number of nitrogens with zero attached hydrogens (tertiary/aromatic N) is 5. The number of hydrogen-bond donors (Lipinski definition) is 2. The number of rotatable bonds is 7. The van der Waals surface area contributed by atoms with Crippen molar-refractivity contribution in [3.63, 3.8) is 0 Å². The Morgan fingerprint density at radius 3 is 2.91 bits per heavy atom. The number of anilines is 2. The first-order valence-electron chi connectivity index (χ1n) is 11.8. The van der Waals surface area contributed by atoms with Gasteiger partial charge in [-0.1, -0.05) is 12.1 Å². The van der Waals surface area contributed by atoms with Crippen LogP contribution in [0.4, 0.5) is 11.5 Å². The second-order valence-electron chi connectivity index (χ2n) is 8.87. The van der Waals surface area contributed by atoms with Gasteiger partial charge in [0.15, 0.2) is 0 Å². The molecule has 1 aromatic carbocycles. The number of pyridine rings is 1. The number of fused-ring (bicyclic) bond motifs is 2. The number of amides is 1. The van der Waals surface area contributed by atoms with Gasteiger partial charge in [0.05, 0.1) is 30.6 Å². The molecule has 3 aromatic heterocycles. The van der Waals surface area contributed by atoms with Gasteiger partial charge in [-0.2, -0.15) is 5.10 Å². The van der Waals surface area contributed by atoms with E-state index in [2.05, 4.69) is 50.6 Å². The van der Waals surface area contributed by atoms with Crippen LogP contribution in [0.1, 0.15) is 54.4 Å². The lowest BCUT2D eigenvalue weighted by Crippen LogP contribution is -2.16. The summed E-state index contributed by atoms with van der Waals surface area (Å²) in [6, 6.07) is 10.0. The summed E-state index contributed by atoms with van der Waals surface area (Å²) in [6.45, 7) is 6.94. The normalized spacial score (nSPS) is 13.6. The van der Waals surface area contributed by atoms with Gasteiger partial charge in [0, 0.05) is 17.9 Å². The highest BCUT2D eigenvalue weighted by Crippen LogP contribution is 2.25. The number of nitrogens with one attached hydrogen (secondary N) is 2. The van der Waals surface area contributed by atoms with E-state index in [-0.39, 0.29) is 18.4 Å². The minimum Gasteiger partial charge on any atom is -0.362 e.